The summed E-state index contributed by atoms with van der Waals surface area (Å²) in [5.41, 5.74) is 0.447. The normalized spacial score (nSPS) is 14.0. The second-order valence-electron chi connectivity index (χ2n) is 7.53. The number of hydrogen-bond acceptors (Lipinski definition) is 3. The van der Waals surface area contributed by atoms with Gasteiger partial charge in [-0.1, -0.05) is 96.8 Å². The molecule has 0 saturated heterocycles. The molecule has 0 atom stereocenters. The molecule has 148 valence electrons. The van der Waals surface area contributed by atoms with E-state index in [-0.39, 0.29) is 11.6 Å². The first-order valence-corrected chi connectivity index (χ1v) is 11.0. The molecule has 3 nitrogen and oxygen atoms in total. The Hall–Kier alpha value is -1.38. The third-order valence-corrected chi connectivity index (χ3v) is 5.05. The number of hydrogen-bond donors (Lipinski definition) is 1. The molecule has 26 heavy (non-hydrogen) atoms. The lowest BCUT2D eigenvalue weighted by Crippen LogP contribution is -2.23. The van der Waals surface area contributed by atoms with Gasteiger partial charge < -0.3 is 5.32 Å². The van der Waals surface area contributed by atoms with Crippen LogP contribution in [0.15, 0.2) is 23.9 Å². The zero-order valence-electron chi connectivity index (χ0n) is 16.9. The van der Waals surface area contributed by atoms with E-state index in [0.29, 0.717) is 5.70 Å². The van der Waals surface area contributed by atoms with Gasteiger partial charge in [-0.05, 0) is 18.6 Å². The Labute approximate surface area is 160 Å². The largest absolute Gasteiger partial charge is 0.382 e. The first kappa shape index (κ1) is 22.7. The molecular weight excluding hydrogens is 322 g/mol. The fourth-order valence-electron chi connectivity index (χ4n) is 3.37. The lowest BCUT2D eigenvalue weighted by Gasteiger charge is -2.10. The minimum Gasteiger partial charge on any atom is -0.382 e. The van der Waals surface area contributed by atoms with Crippen molar-refractivity contribution in [2.75, 3.05) is 6.54 Å². The molecule has 0 fully saturated rings. The van der Waals surface area contributed by atoms with Crippen LogP contribution in [-0.4, -0.2) is 18.1 Å². The summed E-state index contributed by atoms with van der Waals surface area (Å²) in [7, 11) is 0. The lowest BCUT2D eigenvalue weighted by atomic mass is 10.0. The van der Waals surface area contributed by atoms with E-state index in [4.69, 9.17) is 0 Å². The van der Waals surface area contributed by atoms with Crippen LogP contribution in [0.4, 0.5) is 0 Å². The highest BCUT2D eigenvalue weighted by atomic mass is 16.1. The van der Waals surface area contributed by atoms with Gasteiger partial charge in [-0.3, -0.25) is 9.59 Å². The third kappa shape index (κ3) is 12.1. The number of allylic oxidation sites excluding steroid dienone is 3. The molecule has 3 heteroatoms. The van der Waals surface area contributed by atoms with Gasteiger partial charge in [-0.2, -0.15) is 0 Å². The molecule has 0 aliphatic heterocycles. The van der Waals surface area contributed by atoms with Gasteiger partial charge in [-0.15, -0.1) is 0 Å². The summed E-state index contributed by atoms with van der Waals surface area (Å²) in [5, 5.41) is 3.09. The summed E-state index contributed by atoms with van der Waals surface area (Å²) >= 11 is 0. The van der Waals surface area contributed by atoms with Gasteiger partial charge in [0, 0.05) is 12.6 Å². The Kier molecular flexibility index (Phi) is 13.8. The Balaban J connectivity index is 1.79. The molecule has 1 N–H and O–H groups in total. The Morgan fingerprint density at radius 2 is 1.12 bits per heavy atom. The quantitative estimate of drug-likeness (QED) is 0.254. The van der Waals surface area contributed by atoms with Gasteiger partial charge in [-0.25, -0.2) is 0 Å². The molecule has 0 radical (unpaired) electrons. The fraction of sp³-hybridized carbons (Fsp3) is 0.739. The Morgan fingerprint density at radius 3 is 1.62 bits per heavy atom. The molecule has 0 aromatic rings. The predicted octanol–water partition coefficient (Wildman–Crippen LogP) is 6.04. The predicted molar refractivity (Wildman–Crippen MR) is 110 cm³/mol. The van der Waals surface area contributed by atoms with Crippen LogP contribution in [0.3, 0.4) is 0 Å². The van der Waals surface area contributed by atoms with Crippen molar-refractivity contribution >= 4 is 11.6 Å². The van der Waals surface area contributed by atoms with Crippen molar-refractivity contribution < 1.29 is 9.59 Å². The maximum Gasteiger partial charge on any atom is 0.201 e. The molecule has 0 aromatic carbocycles. The van der Waals surface area contributed by atoms with Crippen molar-refractivity contribution in [3.8, 4) is 0 Å². The second kappa shape index (κ2) is 15.8. The fourth-order valence-corrected chi connectivity index (χ4v) is 3.37. The zero-order chi connectivity index (χ0) is 18.9. The van der Waals surface area contributed by atoms with Gasteiger partial charge in [0.05, 0.1) is 5.70 Å². The highest BCUT2D eigenvalue weighted by molar-refractivity contribution is 6.16. The Bertz CT molecular complexity index is 451. The van der Waals surface area contributed by atoms with Crippen LogP contribution in [0.5, 0.6) is 0 Å². The summed E-state index contributed by atoms with van der Waals surface area (Å²) in [6.07, 6.45) is 24.3. The van der Waals surface area contributed by atoms with E-state index in [0.717, 1.165) is 13.0 Å². The van der Waals surface area contributed by atoms with Crippen LogP contribution in [0.25, 0.3) is 0 Å². The summed E-state index contributed by atoms with van der Waals surface area (Å²) in [5.74, 6) is -0.200. The molecule has 0 heterocycles. The maximum absolute atomic E-state index is 11.6. The molecule has 1 aliphatic rings. The van der Waals surface area contributed by atoms with E-state index in [1.165, 1.54) is 108 Å². The topological polar surface area (TPSA) is 46.2 Å². The van der Waals surface area contributed by atoms with Crippen molar-refractivity contribution in [3.63, 3.8) is 0 Å². The molecule has 0 aromatic heterocycles. The summed E-state index contributed by atoms with van der Waals surface area (Å²) in [4.78, 5) is 22.8. The van der Waals surface area contributed by atoms with Crippen LogP contribution < -0.4 is 5.32 Å². The highest BCUT2D eigenvalue weighted by Gasteiger charge is 2.11. The lowest BCUT2D eigenvalue weighted by molar-refractivity contribution is -0.114. The monoisotopic (exact) mass is 361 g/mol. The van der Waals surface area contributed by atoms with E-state index in [1.807, 2.05) is 0 Å². The number of unbranched alkanes of at least 4 members (excludes halogenated alkanes) is 14. The molecule has 0 unspecified atom stereocenters. The Morgan fingerprint density at radius 1 is 0.654 bits per heavy atom. The standard InChI is InChI=1S/C23H39NO2/c1-2-3-4-5-6-7-8-9-10-11-12-13-14-15-16-19-24-22-20-21(25)17-18-23(22)26/h17-18,20,24H,2-16,19H2,1H3. The maximum atomic E-state index is 11.6. The zero-order valence-corrected chi connectivity index (χ0v) is 16.9. The van der Waals surface area contributed by atoms with Crippen molar-refractivity contribution in [2.24, 2.45) is 0 Å². The number of ketones is 2. The second-order valence-corrected chi connectivity index (χ2v) is 7.53. The van der Waals surface area contributed by atoms with Crippen LogP contribution in [0.1, 0.15) is 103 Å². The van der Waals surface area contributed by atoms with Gasteiger partial charge in [0.25, 0.3) is 0 Å². The van der Waals surface area contributed by atoms with Gasteiger partial charge in [0.15, 0.2) is 5.78 Å². The van der Waals surface area contributed by atoms with Gasteiger partial charge in [0.2, 0.25) is 5.78 Å². The molecule has 0 saturated carbocycles. The van der Waals surface area contributed by atoms with Crippen molar-refractivity contribution in [1.29, 1.82) is 0 Å². The first-order valence-electron chi connectivity index (χ1n) is 11.0. The van der Waals surface area contributed by atoms with Crippen molar-refractivity contribution in [2.45, 2.75) is 103 Å². The molecular formula is C23H39NO2. The SMILES string of the molecule is CCCCCCCCCCCCCCCCCNC1=CC(=O)C=CC1=O. The average Bonchev–Trinajstić information content (AvgIpc) is 2.64. The van der Waals surface area contributed by atoms with E-state index >= 15 is 0 Å². The number of carbonyl (C=O) groups is 2. The number of nitrogens with one attached hydrogen (secondary N) is 1. The van der Waals surface area contributed by atoms with Crippen molar-refractivity contribution in [3.05, 3.63) is 23.9 Å². The first-order chi connectivity index (χ1) is 12.7. The molecule has 0 spiro atoms. The number of rotatable bonds is 17. The van der Waals surface area contributed by atoms with Gasteiger partial charge >= 0.3 is 0 Å². The molecule has 0 amide bonds. The highest BCUT2D eigenvalue weighted by Crippen LogP contribution is 2.13. The molecule has 1 rings (SSSR count). The van der Waals surface area contributed by atoms with Crippen LogP contribution in [0.2, 0.25) is 0 Å². The molecule has 1 aliphatic carbocycles. The van der Waals surface area contributed by atoms with Crippen molar-refractivity contribution in [1.82, 2.24) is 5.32 Å². The van der Waals surface area contributed by atoms with E-state index in [2.05, 4.69) is 12.2 Å². The van der Waals surface area contributed by atoms with E-state index in [1.54, 1.807) is 0 Å². The van der Waals surface area contributed by atoms with Crippen LogP contribution >= 0.6 is 0 Å². The molecule has 0 bridgehead atoms. The minimum atomic E-state index is -0.108. The smallest absolute Gasteiger partial charge is 0.201 e. The van der Waals surface area contributed by atoms with Crippen LogP contribution in [0, 0.1) is 0 Å². The van der Waals surface area contributed by atoms with E-state index < -0.39 is 0 Å². The summed E-state index contributed by atoms with van der Waals surface area (Å²) in [6.45, 7) is 3.05. The van der Waals surface area contributed by atoms with Gasteiger partial charge in [0.1, 0.15) is 0 Å². The summed E-state index contributed by atoms with van der Waals surface area (Å²) < 4.78 is 0. The average molecular weight is 362 g/mol. The minimum absolute atomic E-state index is 0.0921. The van der Waals surface area contributed by atoms with E-state index in [9.17, 15) is 9.59 Å². The van der Waals surface area contributed by atoms with Crippen LogP contribution in [-0.2, 0) is 9.59 Å². The summed E-state index contributed by atoms with van der Waals surface area (Å²) in [6, 6.07) is 0. The third-order valence-electron chi connectivity index (χ3n) is 5.05. The number of carbonyl (C=O) groups excluding carboxylic acids is 2.